The van der Waals surface area contributed by atoms with Crippen molar-refractivity contribution in [3.63, 3.8) is 0 Å². The molecule has 1 saturated heterocycles. The van der Waals surface area contributed by atoms with E-state index in [1.54, 1.807) is 35.2 Å². The molecule has 1 aliphatic heterocycles. The highest BCUT2D eigenvalue weighted by molar-refractivity contribution is 7.89. The third-order valence-electron chi connectivity index (χ3n) is 5.24. The van der Waals surface area contributed by atoms with Crippen LogP contribution >= 0.6 is 11.5 Å². The molecular weight excluding hydrogens is 462 g/mol. The third kappa shape index (κ3) is 5.62. The van der Waals surface area contributed by atoms with Gasteiger partial charge in [-0.15, -0.1) is 0 Å². The molecule has 3 aromatic rings. The van der Waals surface area contributed by atoms with Crippen molar-refractivity contribution in [3.8, 4) is 11.4 Å². The van der Waals surface area contributed by atoms with Gasteiger partial charge in [-0.05, 0) is 12.1 Å². The van der Waals surface area contributed by atoms with Gasteiger partial charge in [0.1, 0.15) is 0 Å². The molecule has 4 rings (SSSR count). The van der Waals surface area contributed by atoms with Gasteiger partial charge in [0.2, 0.25) is 27.0 Å². The molecule has 2 heterocycles. The van der Waals surface area contributed by atoms with Crippen LogP contribution in [-0.4, -0.2) is 65.0 Å². The number of rotatable bonds is 7. The molecule has 1 aromatic heterocycles. The smallest absolute Gasteiger partial charge is 0.243 e. The summed E-state index contributed by atoms with van der Waals surface area (Å²) in [5.41, 5.74) is 0.859. The van der Waals surface area contributed by atoms with E-state index >= 15 is 0 Å². The summed E-state index contributed by atoms with van der Waals surface area (Å²) in [5, 5.41) is 3.06. The van der Waals surface area contributed by atoms with Gasteiger partial charge in [-0.2, -0.15) is 13.7 Å². The van der Waals surface area contributed by atoms with Crippen LogP contribution in [0, 0.1) is 0 Å². The summed E-state index contributed by atoms with van der Waals surface area (Å²) in [6.07, 6.45) is 0.0588. The number of amides is 2. The lowest BCUT2D eigenvalue weighted by molar-refractivity contribution is -0.133. The van der Waals surface area contributed by atoms with Crippen molar-refractivity contribution in [2.24, 2.45) is 0 Å². The van der Waals surface area contributed by atoms with Crippen molar-refractivity contribution >= 4 is 38.5 Å². The predicted molar refractivity (Wildman–Crippen MR) is 125 cm³/mol. The Kier molecular flexibility index (Phi) is 7.11. The van der Waals surface area contributed by atoms with Gasteiger partial charge < -0.3 is 10.2 Å². The van der Waals surface area contributed by atoms with Crippen LogP contribution in [0.3, 0.4) is 0 Å². The van der Waals surface area contributed by atoms with Crippen molar-refractivity contribution in [2.45, 2.75) is 17.7 Å². The number of nitrogens with zero attached hydrogens (tertiary/aromatic N) is 4. The molecule has 2 amide bonds. The van der Waals surface area contributed by atoms with Gasteiger partial charge in [-0.25, -0.2) is 8.42 Å². The minimum Gasteiger partial charge on any atom is -0.340 e. The van der Waals surface area contributed by atoms with E-state index < -0.39 is 10.0 Å². The number of hydrogen-bond acceptors (Lipinski definition) is 7. The number of hydrogen-bond donors (Lipinski definition) is 1. The second-order valence-corrected chi connectivity index (χ2v) is 10.1. The Balaban J connectivity index is 1.24. The topological polar surface area (TPSA) is 113 Å². The van der Waals surface area contributed by atoms with Gasteiger partial charge >= 0.3 is 0 Å². The second kappa shape index (κ2) is 10.2. The summed E-state index contributed by atoms with van der Waals surface area (Å²) >= 11 is 1.08. The Bertz CT molecular complexity index is 1210. The molecule has 0 atom stereocenters. The Hall–Kier alpha value is -3.15. The fraction of sp³-hybridized carbons (Fsp3) is 0.273. The Morgan fingerprint density at radius 3 is 2.21 bits per heavy atom. The van der Waals surface area contributed by atoms with Crippen molar-refractivity contribution in [2.75, 3.05) is 31.5 Å². The van der Waals surface area contributed by atoms with Gasteiger partial charge in [0.15, 0.2) is 5.82 Å². The van der Waals surface area contributed by atoms with E-state index in [9.17, 15) is 18.0 Å². The molecule has 1 aliphatic rings. The quantitative estimate of drug-likeness (QED) is 0.550. The van der Waals surface area contributed by atoms with E-state index in [0.717, 1.165) is 17.1 Å². The number of carbonyl (C=O) groups is 2. The molecule has 11 heteroatoms. The normalized spacial score (nSPS) is 14.7. The molecule has 1 N–H and O–H groups in total. The van der Waals surface area contributed by atoms with E-state index in [-0.39, 0.29) is 42.6 Å². The standard InChI is InChI=1S/C22H23N5O4S2/c28-19(23-22-24-21(25-32-22)17-7-3-1-4-8-17)11-12-20(29)26-13-15-27(16-14-26)33(30,31)18-9-5-2-6-10-18/h1-10H,11-16H2,(H,23,24,25,28). The lowest BCUT2D eigenvalue weighted by Gasteiger charge is -2.34. The van der Waals surface area contributed by atoms with Gasteiger partial charge in [0, 0.05) is 56.1 Å². The second-order valence-electron chi connectivity index (χ2n) is 7.44. The van der Waals surface area contributed by atoms with Crippen LogP contribution in [-0.2, 0) is 19.6 Å². The van der Waals surface area contributed by atoms with Crippen LogP contribution in [0.5, 0.6) is 0 Å². The molecule has 0 radical (unpaired) electrons. The summed E-state index contributed by atoms with van der Waals surface area (Å²) in [4.78, 5) is 30.9. The maximum atomic E-state index is 12.7. The fourth-order valence-electron chi connectivity index (χ4n) is 3.46. The molecule has 2 aromatic carbocycles. The largest absolute Gasteiger partial charge is 0.340 e. The molecule has 0 saturated carbocycles. The van der Waals surface area contributed by atoms with Crippen molar-refractivity contribution < 1.29 is 18.0 Å². The van der Waals surface area contributed by atoms with E-state index in [0.29, 0.717) is 24.0 Å². The first-order valence-corrected chi connectivity index (χ1v) is 12.7. The highest BCUT2D eigenvalue weighted by Gasteiger charge is 2.30. The number of piperazine rings is 1. The number of sulfonamides is 1. The van der Waals surface area contributed by atoms with Crippen LogP contribution in [0.4, 0.5) is 5.13 Å². The fourth-order valence-corrected chi connectivity index (χ4v) is 5.51. The highest BCUT2D eigenvalue weighted by Crippen LogP contribution is 2.21. The molecule has 0 aliphatic carbocycles. The Morgan fingerprint density at radius 2 is 1.55 bits per heavy atom. The van der Waals surface area contributed by atoms with Gasteiger partial charge in [0.25, 0.3) is 0 Å². The van der Waals surface area contributed by atoms with Crippen LogP contribution < -0.4 is 5.32 Å². The number of benzene rings is 2. The first kappa shape index (κ1) is 23.0. The first-order valence-electron chi connectivity index (χ1n) is 10.5. The third-order valence-corrected chi connectivity index (χ3v) is 7.79. The van der Waals surface area contributed by atoms with E-state index in [1.165, 1.54) is 4.31 Å². The summed E-state index contributed by atoms with van der Waals surface area (Å²) in [5.74, 6) is 0.0452. The molecule has 172 valence electrons. The molecule has 1 fully saturated rings. The lowest BCUT2D eigenvalue weighted by atomic mass is 10.2. The van der Waals surface area contributed by atoms with E-state index in [2.05, 4.69) is 14.7 Å². The van der Waals surface area contributed by atoms with E-state index in [4.69, 9.17) is 0 Å². The average Bonchev–Trinajstić information content (AvgIpc) is 3.32. The maximum absolute atomic E-state index is 12.7. The molecule has 0 unspecified atom stereocenters. The zero-order chi connectivity index (χ0) is 23.3. The van der Waals surface area contributed by atoms with Crippen LogP contribution in [0.1, 0.15) is 12.8 Å². The number of nitrogens with one attached hydrogen (secondary N) is 1. The van der Waals surface area contributed by atoms with Crippen molar-refractivity contribution in [3.05, 3.63) is 60.7 Å². The molecule has 0 bridgehead atoms. The molecule has 33 heavy (non-hydrogen) atoms. The zero-order valence-corrected chi connectivity index (χ0v) is 19.4. The summed E-state index contributed by atoms with van der Waals surface area (Å²) in [6, 6.07) is 17.7. The van der Waals surface area contributed by atoms with Crippen molar-refractivity contribution in [1.29, 1.82) is 0 Å². The molecule has 9 nitrogen and oxygen atoms in total. The minimum absolute atomic E-state index is 0.0155. The maximum Gasteiger partial charge on any atom is 0.243 e. The Labute approximate surface area is 196 Å². The molecular formula is C22H23N5O4S2. The minimum atomic E-state index is -3.57. The van der Waals surface area contributed by atoms with Crippen LogP contribution in [0.2, 0.25) is 0 Å². The Morgan fingerprint density at radius 1 is 0.909 bits per heavy atom. The van der Waals surface area contributed by atoms with Crippen LogP contribution in [0.25, 0.3) is 11.4 Å². The number of carbonyl (C=O) groups excluding carboxylic acids is 2. The number of aromatic nitrogens is 2. The predicted octanol–water partition coefficient (Wildman–Crippen LogP) is 2.46. The summed E-state index contributed by atoms with van der Waals surface area (Å²) in [6.45, 7) is 1.04. The van der Waals surface area contributed by atoms with Gasteiger partial charge in [-0.1, -0.05) is 48.5 Å². The first-order chi connectivity index (χ1) is 15.9. The average molecular weight is 486 g/mol. The van der Waals surface area contributed by atoms with Crippen LogP contribution in [0.15, 0.2) is 65.6 Å². The van der Waals surface area contributed by atoms with Crippen molar-refractivity contribution in [1.82, 2.24) is 18.6 Å². The zero-order valence-electron chi connectivity index (χ0n) is 17.8. The summed E-state index contributed by atoms with van der Waals surface area (Å²) < 4.78 is 31.0. The SMILES string of the molecule is O=C(CCC(=O)N1CCN(S(=O)(=O)c2ccccc2)CC1)Nc1nc(-c2ccccc2)ns1. The molecule has 0 spiro atoms. The van der Waals surface area contributed by atoms with Gasteiger partial charge in [-0.3, -0.25) is 9.59 Å². The monoisotopic (exact) mass is 485 g/mol. The number of anilines is 1. The van der Waals surface area contributed by atoms with Gasteiger partial charge in [0.05, 0.1) is 4.90 Å². The van der Waals surface area contributed by atoms with E-state index in [1.807, 2.05) is 30.3 Å². The lowest BCUT2D eigenvalue weighted by Crippen LogP contribution is -2.50. The summed E-state index contributed by atoms with van der Waals surface area (Å²) in [7, 11) is -3.57. The highest BCUT2D eigenvalue weighted by atomic mass is 32.2.